The van der Waals surface area contributed by atoms with Gasteiger partial charge in [0.1, 0.15) is 0 Å². The fraction of sp³-hybridized carbons (Fsp3) is 0.125. The Morgan fingerprint density at radius 1 is 1.20 bits per heavy atom. The Morgan fingerprint density at radius 2 is 1.87 bits per heavy atom. The van der Waals surface area contributed by atoms with Gasteiger partial charge in [-0.1, -0.05) is 0 Å². The second-order valence-corrected chi connectivity index (χ2v) is 2.65. The van der Waals surface area contributed by atoms with Crippen LogP contribution in [0.3, 0.4) is 0 Å². The SMILES string of the molecule is O=[C]Cc1ccc([N+](=O)[O-])cc1[N+](=O)[O-]. The number of hydrogen-bond acceptors (Lipinski definition) is 5. The quantitative estimate of drug-likeness (QED) is 0.546. The van der Waals surface area contributed by atoms with Crippen LogP contribution >= 0.6 is 0 Å². The van der Waals surface area contributed by atoms with Crippen molar-refractivity contribution in [1.82, 2.24) is 0 Å². The molecule has 0 unspecified atom stereocenters. The van der Waals surface area contributed by atoms with Crippen LogP contribution in [0, 0.1) is 20.2 Å². The van der Waals surface area contributed by atoms with Crippen LogP contribution in [0.5, 0.6) is 0 Å². The summed E-state index contributed by atoms with van der Waals surface area (Å²) in [4.78, 5) is 29.5. The highest BCUT2D eigenvalue weighted by molar-refractivity contribution is 5.61. The Kier molecular flexibility index (Phi) is 3.06. The van der Waals surface area contributed by atoms with Crippen LogP contribution in [0.15, 0.2) is 18.2 Å². The van der Waals surface area contributed by atoms with Gasteiger partial charge < -0.3 is 0 Å². The molecule has 0 fully saturated rings. The van der Waals surface area contributed by atoms with E-state index in [9.17, 15) is 25.0 Å². The molecule has 0 N–H and O–H groups in total. The lowest BCUT2D eigenvalue weighted by Gasteiger charge is -1.97. The lowest BCUT2D eigenvalue weighted by Crippen LogP contribution is -1.98. The van der Waals surface area contributed by atoms with E-state index in [-0.39, 0.29) is 17.7 Å². The Labute approximate surface area is 83.6 Å². The largest absolute Gasteiger partial charge is 0.291 e. The highest BCUT2D eigenvalue weighted by atomic mass is 16.6. The van der Waals surface area contributed by atoms with Gasteiger partial charge in [0.2, 0.25) is 6.29 Å². The van der Waals surface area contributed by atoms with Crippen LogP contribution < -0.4 is 0 Å². The van der Waals surface area contributed by atoms with Gasteiger partial charge in [-0.05, 0) is 6.07 Å². The molecule has 0 aliphatic heterocycles. The molecule has 7 nitrogen and oxygen atoms in total. The van der Waals surface area contributed by atoms with E-state index in [2.05, 4.69) is 0 Å². The van der Waals surface area contributed by atoms with Crippen LogP contribution in [0.25, 0.3) is 0 Å². The molecule has 0 bridgehead atoms. The average Bonchev–Trinajstić information content (AvgIpc) is 2.18. The van der Waals surface area contributed by atoms with Crippen molar-refractivity contribution in [2.75, 3.05) is 0 Å². The van der Waals surface area contributed by atoms with Crippen molar-refractivity contribution >= 4 is 17.7 Å². The molecule has 0 aromatic heterocycles. The molecule has 1 aromatic carbocycles. The lowest BCUT2D eigenvalue weighted by molar-refractivity contribution is -0.394. The van der Waals surface area contributed by atoms with Crippen LogP contribution in [0.4, 0.5) is 11.4 Å². The number of nitrogens with zero attached hydrogens (tertiary/aromatic N) is 2. The summed E-state index contributed by atoms with van der Waals surface area (Å²) >= 11 is 0. The highest BCUT2D eigenvalue weighted by Gasteiger charge is 2.18. The minimum absolute atomic E-state index is 0.112. The Balaban J connectivity index is 3.26. The number of rotatable bonds is 4. The molecule has 0 aliphatic rings. The summed E-state index contributed by atoms with van der Waals surface area (Å²) in [6, 6.07) is 3.12. The van der Waals surface area contributed by atoms with Crippen molar-refractivity contribution in [1.29, 1.82) is 0 Å². The molecular formula is C8H5N2O5. The topological polar surface area (TPSA) is 103 Å². The predicted octanol–water partition coefficient (Wildman–Crippen LogP) is 1.16. The monoisotopic (exact) mass is 209 g/mol. The fourth-order valence-corrected chi connectivity index (χ4v) is 1.06. The summed E-state index contributed by atoms with van der Waals surface area (Å²) in [5.41, 5.74) is -0.704. The number of nitro groups is 2. The Bertz CT molecular complexity index is 429. The third-order valence-corrected chi connectivity index (χ3v) is 1.74. The second-order valence-electron chi connectivity index (χ2n) is 2.65. The summed E-state index contributed by atoms with van der Waals surface area (Å²) in [6.45, 7) is 0. The molecule has 0 amide bonds. The predicted molar refractivity (Wildman–Crippen MR) is 49.1 cm³/mol. The normalized spacial score (nSPS) is 9.60. The third-order valence-electron chi connectivity index (χ3n) is 1.74. The molecule has 1 radical (unpaired) electrons. The molecule has 0 aliphatic carbocycles. The standard InChI is InChI=1S/C8H5N2O5/c11-4-3-6-1-2-7(9(12)13)5-8(6)10(14)15/h1-2,5H,3H2. The second kappa shape index (κ2) is 4.27. The first kappa shape index (κ1) is 10.8. The minimum Gasteiger partial charge on any atom is -0.291 e. The van der Waals surface area contributed by atoms with Crippen molar-refractivity contribution in [3.05, 3.63) is 44.0 Å². The van der Waals surface area contributed by atoms with Gasteiger partial charge in [0, 0.05) is 18.1 Å². The van der Waals surface area contributed by atoms with Gasteiger partial charge in [-0.3, -0.25) is 25.0 Å². The van der Waals surface area contributed by atoms with E-state index in [1.807, 2.05) is 0 Å². The van der Waals surface area contributed by atoms with Gasteiger partial charge >= 0.3 is 0 Å². The zero-order chi connectivity index (χ0) is 11.4. The molecule has 0 heterocycles. The smallest absolute Gasteiger partial charge is 0.279 e. The molecule has 0 saturated heterocycles. The lowest BCUT2D eigenvalue weighted by atomic mass is 10.1. The van der Waals surface area contributed by atoms with Gasteiger partial charge in [0.05, 0.1) is 15.9 Å². The number of nitro benzene ring substituents is 2. The van der Waals surface area contributed by atoms with Crippen LogP contribution in [-0.4, -0.2) is 16.1 Å². The number of carbonyl (C=O) groups excluding carboxylic acids is 1. The van der Waals surface area contributed by atoms with Crippen LogP contribution in [0.1, 0.15) is 5.56 Å². The molecule has 0 spiro atoms. The van der Waals surface area contributed by atoms with E-state index < -0.39 is 15.5 Å². The molecule has 7 heteroatoms. The van der Waals surface area contributed by atoms with Gasteiger partial charge in [-0.25, -0.2) is 0 Å². The van der Waals surface area contributed by atoms with Crippen LogP contribution in [0.2, 0.25) is 0 Å². The molecular weight excluding hydrogens is 204 g/mol. The molecule has 0 atom stereocenters. The Hall–Kier alpha value is -2.31. The van der Waals surface area contributed by atoms with E-state index in [0.29, 0.717) is 0 Å². The number of hydrogen-bond donors (Lipinski definition) is 0. The van der Waals surface area contributed by atoms with E-state index in [1.165, 1.54) is 12.4 Å². The first-order chi connectivity index (χ1) is 7.06. The number of benzene rings is 1. The van der Waals surface area contributed by atoms with Crippen molar-refractivity contribution in [3.8, 4) is 0 Å². The third kappa shape index (κ3) is 2.33. The molecule has 77 valence electrons. The van der Waals surface area contributed by atoms with E-state index in [0.717, 1.165) is 12.1 Å². The fourth-order valence-electron chi connectivity index (χ4n) is 1.06. The van der Waals surface area contributed by atoms with Gasteiger partial charge in [0.25, 0.3) is 11.4 Å². The van der Waals surface area contributed by atoms with Crippen molar-refractivity contribution in [3.63, 3.8) is 0 Å². The molecule has 0 saturated carbocycles. The zero-order valence-corrected chi connectivity index (χ0v) is 7.37. The van der Waals surface area contributed by atoms with Gasteiger partial charge in [0.15, 0.2) is 0 Å². The summed E-state index contributed by atoms with van der Waals surface area (Å²) < 4.78 is 0. The van der Waals surface area contributed by atoms with E-state index in [4.69, 9.17) is 0 Å². The molecule has 15 heavy (non-hydrogen) atoms. The maximum Gasteiger partial charge on any atom is 0.279 e. The van der Waals surface area contributed by atoms with Gasteiger partial charge in [-0.15, -0.1) is 0 Å². The summed E-state index contributed by atoms with van der Waals surface area (Å²) in [5, 5.41) is 20.9. The summed E-state index contributed by atoms with van der Waals surface area (Å²) in [7, 11) is 0. The summed E-state index contributed by atoms with van der Waals surface area (Å²) in [6.07, 6.45) is 1.25. The van der Waals surface area contributed by atoms with Crippen molar-refractivity contribution in [2.45, 2.75) is 6.42 Å². The van der Waals surface area contributed by atoms with Gasteiger partial charge in [-0.2, -0.15) is 0 Å². The van der Waals surface area contributed by atoms with E-state index in [1.54, 1.807) is 0 Å². The summed E-state index contributed by atoms with van der Waals surface area (Å²) in [5.74, 6) is 0. The first-order valence-corrected chi connectivity index (χ1v) is 3.83. The maximum atomic E-state index is 10.5. The zero-order valence-electron chi connectivity index (χ0n) is 7.37. The maximum absolute atomic E-state index is 10.5. The average molecular weight is 209 g/mol. The van der Waals surface area contributed by atoms with E-state index >= 15 is 0 Å². The first-order valence-electron chi connectivity index (χ1n) is 3.83. The molecule has 1 aromatic rings. The Morgan fingerprint density at radius 3 is 2.33 bits per heavy atom. The van der Waals surface area contributed by atoms with Crippen molar-refractivity contribution < 1.29 is 14.6 Å². The van der Waals surface area contributed by atoms with Crippen LogP contribution in [-0.2, 0) is 11.2 Å². The highest BCUT2D eigenvalue weighted by Crippen LogP contribution is 2.24. The molecule has 1 rings (SSSR count). The van der Waals surface area contributed by atoms with Crippen molar-refractivity contribution in [2.24, 2.45) is 0 Å². The number of non-ortho nitro benzene ring substituents is 1. The minimum atomic E-state index is -0.764.